The van der Waals surface area contributed by atoms with Gasteiger partial charge in [0.1, 0.15) is 0 Å². The third kappa shape index (κ3) is 2.90. The van der Waals surface area contributed by atoms with Gasteiger partial charge in [0, 0.05) is 58.6 Å². The molecule has 3 heterocycles. The lowest BCUT2D eigenvalue weighted by molar-refractivity contribution is 0.0456. The first-order chi connectivity index (χ1) is 9.78. The summed E-state index contributed by atoms with van der Waals surface area (Å²) in [4.78, 5) is 7.12. The van der Waals surface area contributed by atoms with Crippen LogP contribution in [0.4, 0.5) is 0 Å². The van der Waals surface area contributed by atoms with Crippen molar-refractivity contribution >= 4 is 0 Å². The Bertz CT molecular complexity index is 440. The Morgan fingerprint density at radius 3 is 2.95 bits per heavy atom. The maximum absolute atomic E-state index is 5.45. The predicted molar refractivity (Wildman–Crippen MR) is 76.6 cm³/mol. The van der Waals surface area contributed by atoms with Crippen LogP contribution >= 0.6 is 0 Å². The molecule has 1 aromatic heterocycles. The third-order valence-electron chi connectivity index (χ3n) is 4.53. The van der Waals surface area contributed by atoms with Gasteiger partial charge in [-0.25, -0.2) is 4.98 Å². The molecule has 1 atom stereocenters. The second-order valence-electron chi connectivity index (χ2n) is 6.09. The van der Waals surface area contributed by atoms with E-state index in [0.717, 1.165) is 38.8 Å². The first-order valence-corrected chi connectivity index (χ1v) is 7.57. The standard InChI is InChI=1S/C15H25N3O2/c1-17-11-16-14-9-18(7-12-3-5-20-6-4-12)8-13(10-19-2)15(14)17/h11-13H,3-10H2,1-2H3. The zero-order chi connectivity index (χ0) is 13.9. The van der Waals surface area contributed by atoms with Gasteiger partial charge >= 0.3 is 0 Å². The Morgan fingerprint density at radius 2 is 2.20 bits per heavy atom. The van der Waals surface area contributed by atoms with Crippen molar-refractivity contribution in [1.29, 1.82) is 0 Å². The van der Waals surface area contributed by atoms with E-state index in [1.807, 2.05) is 6.33 Å². The molecule has 112 valence electrons. The van der Waals surface area contributed by atoms with E-state index in [1.165, 1.54) is 30.8 Å². The normalized spacial score (nSPS) is 24.8. The summed E-state index contributed by atoms with van der Waals surface area (Å²) in [5.74, 6) is 1.22. The van der Waals surface area contributed by atoms with Gasteiger partial charge in [0.05, 0.1) is 18.6 Å². The lowest BCUT2D eigenvalue weighted by atomic mass is 9.95. The summed E-state index contributed by atoms with van der Waals surface area (Å²) in [6.07, 6.45) is 4.33. The average Bonchev–Trinajstić information content (AvgIpc) is 2.82. The summed E-state index contributed by atoms with van der Waals surface area (Å²) in [5, 5.41) is 0. The van der Waals surface area contributed by atoms with Gasteiger partial charge in [-0.1, -0.05) is 0 Å². The fourth-order valence-corrected chi connectivity index (χ4v) is 3.57. The van der Waals surface area contributed by atoms with Crippen LogP contribution in [0.25, 0.3) is 0 Å². The molecule has 2 aliphatic heterocycles. The first kappa shape index (κ1) is 14.0. The number of ether oxygens (including phenoxy) is 2. The van der Waals surface area contributed by atoms with Gasteiger partial charge in [0.15, 0.2) is 0 Å². The Morgan fingerprint density at radius 1 is 1.40 bits per heavy atom. The molecule has 5 heteroatoms. The second kappa shape index (κ2) is 6.24. The highest BCUT2D eigenvalue weighted by atomic mass is 16.5. The predicted octanol–water partition coefficient (Wildman–Crippen LogP) is 1.39. The van der Waals surface area contributed by atoms with E-state index in [-0.39, 0.29) is 0 Å². The van der Waals surface area contributed by atoms with E-state index < -0.39 is 0 Å². The Labute approximate surface area is 120 Å². The maximum Gasteiger partial charge on any atom is 0.0949 e. The van der Waals surface area contributed by atoms with Crippen LogP contribution in [0, 0.1) is 5.92 Å². The minimum Gasteiger partial charge on any atom is -0.384 e. The minimum absolute atomic E-state index is 0.441. The molecule has 0 bridgehead atoms. The van der Waals surface area contributed by atoms with Gasteiger partial charge in [0.25, 0.3) is 0 Å². The molecular weight excluding hydrogens is 254 g/mol. The SMILES string of the molecule is COCC1CN(CC2CCOCC2)Cc2ncn(C)c21. The molecule has 0 N–H and O–H groups in total. The van der Waals surface area contributed by atoms with Crippen molar-refractivity contribution in [3.63, 3.8) is 0 Å². The van der Waals surface area contributed by atoms with E-state index in [0.29, 0.717) is 5.92 Å². The number of fused-ring (bicyclic) bond motifs is 1. The van der Waals surface area contributed by atoms with E-state index in [4.69, 9.17) is 9.47 Å². The van der Waals surface area contributed by atoms with Crippen molar-refractivity contribution in [2.75, 3.05) is 40.0 Å². The molecule has 1 fully saturated rings. The zero-order valence-corrected chi connectivity index (χ0v) is 12.5. The molecule has 0 aromatic carbocycles. The topological polar surface area (TPSA) is 39.5 Å². The molecule has 1 aromatic rings. The highest BCUT2D eigenvalue weighted by Crippen LogP contribution is 2.29. The Hall–Kier alpha value is -0.910. The molecule has 3 rings (SSSR count). The number of hydrogen-bond acceptors (Lipinski definition) is 4. The van der Waals surface area contributed by atoms with Gasteiger partial charge in [0.2, 0.25) is 0 Å². The van der Waals surface area contributed by atoms with Crippen LogP contribution in [0.2, 0.25) is 0 Å². The molecule has 0 amide bonds. The van der Waals surface area contributed by atoms with Crippen LogP contribution in [0.3, 0.4) is 0 Å². The fourth-order valence-electron chi connectivity index (χ4n) is 3.57. The summed E-state index contributed by atoms with van der Waals surface area (Å²) in [5.41, 5.74) is 2.59. The Balaban J connectivity index is 1.69. The second-order valence-corrected chi connectivity index (χ2v) is 6.09. The van der Waals surface area contributed by atoms with Crippen LogP contribution < -0.4 is 0 Å². The number of nitrogens with zero attached hydrogens (tertiary/aromatic N) is 3. The number of hydrogen-bond donors (Lipinski definition) is 0. The maximum atomic E-state index is 5.45. The van der Waals surface area contributed by atoms with Crippen molar-refractivity contribution in [3.05, 3.63) is 17.7 Å². The zero-order valence-electron chi connectivity index (χ0n) is 12.5. The molecule has 0 radical (unpaired) electrons. The van der Waals surface area contributed by atoms with Crippen molar-refractivity contribution in [1.82, 2.24) is 14.5 Å². The lowest BCUT2D eigenvalue weighted by Crippen LogP contribution is -2.40. The largest absolute Gasteiger partial charge is 0.384 e. The molecule has 1 unspecified atom stereocenters. The molecule has 0 spiro atoms. The fraction of sp³-hybridized carbons (Fsp3) is 0.800. The highest BCUT2D eigenvalue weighted by molar-refractivity contribution is 5.21. The summed E-state index contributed by atoms with van der Waals surface area (Å²) in [6, 6.07) is 0. The molecule has 0 aliphatic carbocycles. The molecule has 1 saturated heterocycles. The number of aromatic nitrogens is 2. The number of aryl methyl sites for hydroxylation is 1. The van der Waals surface area contributed by atoms with Crippen molar-refractivity contribution in [2.24, 2.45) is 13.0 Å². The summed E-state index contributed by atoms with van der Waals surface area (Å²) >= 11 is 0. The van der Waals surface area contributed by atoms with Crippen LogP contribution in [0.5, 0.6) is 0 Å². The van der Waals surface area contributed by atoms with Crippen LogP contribution in [0.1, 0.15) is 30.1 Å². The number of imidazole rings is 1. The van der Waals surface area contributed by atoms with E-state index in [1.54, 1.807) is 7.11 Å². The van der Waals surface area contributed by atoms with Gasteiger partial charge in [-0.15, -0.1) is 0 Å². The number of rotatable bonds is 4. The van der Waals surface area contributed by atoms with Gasteiger partial charge in [-0.05, 0) is 18.8 Å². The first-order valence-electron chi connectivity index (χ1n) is 7.57. The quantitative estimate of drug-likeness (QED) is 0.835. The molecular formula is C15H25N3O2. The van der Waals surface area contributed by atoms with E-state index >= 15 is 0 Å². The molecule has 20 heavy (non-hydrogen) atoms. The van der Waals surface area contributed by atoms with Crippen LogP contribution in [-0.2, 0) is 23.1 Å². The van der Waals surface area contributed by atoms with Gasteiger partial charge in [-0.2, -0.15) is 0 Å². The summed E-state index contributed by atoms with van der Waals surface area (Å²) < 4.78 is 13.0. The number of methoxy groups -OCH3 is 1. The highest BCUT2D eigenvalue weighted by Gasteiger charge is 2.30. The van der Waals surface area contributed by atoms with Crippen molar-refractivity contribution in [3.8, 4) is 0 Å². The lowest BCUT2D eigenvalue weighted by Gasteiger charge is -2.35. The molecule has 0 saturated carbocycles. The average molecular weight is 279 g/mol. The third-order valence-corrected chi connectivity index (χ3v) is 4.53. The van der Waals surface area contributed by atoms with Crippen molar-refractivity contribution in [2.45, 2.75) is 25.3 Å². The molecule has 5 nitrogen and oxygen atoms in total. The van der Waals surface area contributed by atoms with Crippen molar-refractivity contribution < 1.29 is 9.47 Å². The minimum atomic E-state index is 0.441. The van der Waals surface area contributed by atoms with E-state index in [2.05, 4.69) is 21.5 Å². The summed E-state index contributed by atoms with van der Waals surface area (Å²) in [6.45, 7) is 5.85. The van der Waals surface area contributed by atoms with E-state index in [9.17, 15) is 0 Å². The monoisotopic (exact) mass is 279 g/mol. The van der Waals surface area contributed by atoms with Crippen LogP contribution in [0.15, 0.2) is 6.33 Å². The van der Waals surface area contributed by atoms with Gasteiger partial charge in [-0.3, -0.25) is 4.90 Å². The van der Waals surface area contributed by atoms with Gasteiger partial charge < -0.3 is 14.0 Å². The smallest absolute Gasteiger partial charge is 0.0949 e. The summed E-state index contributed by atoms with van der Waals surface area (Å²) in [7, 11) is 3.87. The van der Waals surface area contributed by atoms with Crippen LogP contribution in [-0.4, -0.2) is 54.5 Å². The Kier molecular flexibility index (Phi) is 4.38. The molecule has 2 aliphatic rings.